The van der Waals surface area contributed by atoms with Gasteiger partial charge in [0.1, 0.15) is 11.1 Å². The van der Waals surface area contributed by atoms with Gasteiger partial charge < -0.3 is 19.3 Å². The Morgan fingerprint density at radius 2 is 1.79 bits per heavy atom. The van der Waals surface area contributed by atoms with E-state index in [0.29, 0.717) is 27.8 Å². The van der Waals surface area contributed by atoms with Gasteiger partial charge in [-0.1, -0.05) is 6.07 Å². The predicted octanol–water partition coefficient (Wildman–Crippen LogP) is 4.61. The summed E-state index contributed by atoms with van der Waals surface area (Å²) >= 11 is 1.38. The number of phenolic OH excluding ortho intramolecular Hbond substituents is 1. The molecule has 0 fully saturated rings. The molecule has 0 amide bonds. The van der Waals surface area contributed by atoms with Gasteiger partial charge >= 0.3 is 0 Å². The number of benzene rings is 2. The number of allylic oxidation sites excluding steroid dienone is 1. The average molecular weight is 394 g/mol. The summed E-state index contributed by atoms with van der Waals surface area (Å²) in [5.74, 6) is 1.64. The highest BCUT2D eigenvalue weighted by atomic mass is 32.1. The Bertz CT molecular complexity index is 1070. The van der Waals surface area contributed by atoms with Crippen LogP contribution in [0.15, 0.2) is 41.8 Å². The van der Waals surface area contributed by atoms with Gasteiger partial charge in [0.15, 0.2) is 23.0 Å². The molecule has 1 heterocycles. The van der Waals surface area contributed by atoms with E-state index in [0.717, 1.165) is 16.8 Å². The normalized spacial score (nSPS) is 11.0. The highest BCUT2D eigenvalue weighted by molar-refractivity contribution is 7.11. The number of phenols is 1. The third kappa shape index (κ3) is 3.92. The van der Waals surface area contributed by atoms with E-state index in [4.69, 9.17) is 14.2 Å². The van der Waals surface area contributed by atoms with Gasteiger partial charge in [0.2, 0.25) is 0 Å². The maximum Gasteiger partial charge on any atom is 0.161 e. The minimum atomic E-state index is 0.0446. The SMILES string of the molecule is COc1cc(C=C(C#N)c2nc(-c3ccc(OC)c(OC)c3)cs2)ccc1O. The number of ether oxygens (including phenoxy) is 3. The number of aromatic nitrogens is 1. The molecule has 0 aliphatic carbocycles. The molecule has 0 aliphatic rings. The van der Waals surface area contributed by atoms with Crippen molar-refractivity contribution in [3.63, 3.8) is 0 Å². The zero-order valence-electron chi connectivity index (χ0n) is 15.6. The van der Waals surface area contributed by atoms with Crippen molar-refractivity contribution in [2.24, 2.45) is 0 Å². The van der Waals surface area contributed by atoms with E-state index in [1.54, 1.807) is 32.4 Å². The monoisotopic (exact) mass is 394 g/mol. The van der Waals surface area contributed by atoms with Crippen molar-refractivity contribution in [3.8, 4) is 40.3 Å². The van der Waals surface area contributed by atoms with Gasteiger partial charge in [0.05, 0.1) is 32.6 Å². The Morgan fingerprint density at radius 3 is 2.46 bits per heavy atom. The fourth-order valence-electron chi connectivity index (χ4n) is 2.62. The molecule has 6 nitrogen and oxygen atoms in total. The Morgan fingerprint density at radius 1 is 1.04 bits per heavy atom. The molecule has 0 saturated heterocycles. The van der Waals surface area contributed by atoms with E-state index >= 15 is 0 Å². The average Bonchev–Trinajstić information content (AvgIpc) is 3.22. The van der Waals surface area contributed by atoms with Crippen LogP contribution in [0.1, 0.15) is 10.6 Å². The lowest BCUT2D eigenvalue weighted by molar-refractivity contribution is 0.355. The summed E-state index contributed by atoms with van der Waals surface area (Å²) in [5, 5.41) is 21.8. The van der Waals surface area contributed by atoms with Crippen molar-refractivity contribution < 1.29 is 19.3 Å². The number of nitriles is 1. The van der Waals surface area contributed by atoms with Crippen LogP contribution in [0.3, 0.4) is 0 Å². The summed E-state index contributed by atoms with van der Waals surface area (Å²) in [7, 11) is 4.64. The maximum atomic E-state index is 9.71. The summed E-state index contributed by atoms with van der Waals surface area (Å²) in [6, 6.07) is 12.6. The highest BCUT2D eigenvalue weighted by Crippen LogP contribution is 2.34. The van der Waals surface area contributed by atoms with Crippen LogP contribution in [-0.2, 0) is 0 Å². The number of nitrogens with zero attached hydrogens (tertiary/aromatic N) is 2. The van der Waals surface area contributed by atoms with E-state index in [1.807, 2.05) is 23.6 Å². The van der Waals surface area contributed by atoms with Gasteiger partial charge in [-0.25, -0.2) is 4.98 Å². The third-order valence-corrected chi connectivity index (χ3v) is 4.92. The zero-order chi connectivity index (χ0) is 20.1. The van der Waals surface area contributed by atoms with Crippen LogP contribution in [0.5, 0.6) is 23.0 Å². The highest BCUT2D eigenvalue weighted by Gasteiger charge is 2.12. The van der Waals surface area contributed by atoms with E-state index in [2.05, 4.69) is 11.1 Å². The largest absolute Gasteiger partial charge is 0.504 e. The number of aromatic hydroxyl groups is 1. The molecule has 0 spiro atoms. The molecule has 7 heteroatoms. The lowest BCUT2D eigenvalue weighted by Gasteiger charge is -2.08. The first-order valence-electron chi connectivity index (χ1n) is 8.26. The lowest BCUT2D eigenvalue weighted by atomic mass is 10.1. The maximum absolute atomic E-state index is 9.71. The Hall–Kier alpha value is -3.50. The fourth-order valence-corrected chi connectivity index (χ4v) is 3.41. The molecule has 2 aromatic carbocycles. The van der Waals surface area contributed by atoms with Gasteiger partial charge in [0.25, 0.3) is 0 Å². The lowest BCUT2D eigenvalue weighted by Crippen LogP contribution is -1.91. The molecule has 3 aromatic rings. The molecule has 0 unspecified atom stereocenters. The van der Waals surface area contributed by atoms with E-state index in [-0.39, 0.29) is 5.75 Å². The number of hydrogen-bond donors (Lipinski definition) is 1. The smallest absolute Gasteiger partial charge is 0.161 e. The van der Waals surface area contributed by atoms with Crippen molar-refractivity contribution >= 4 is 23.0 Å². The minimum absolute atomic E-state index is 0.0446. The molecular weight excluding hydrogens is 376 g/mol. The molecule has 28 heavy (non-hydrogen) atoms. The Balaban J connectivity index is 1.95. The number of hydrogen-bond acceptors (Lipinski definition) is 7. The van der Waals surface area contributed by atoms with Crippen molar-refractivity contribution in [1.29, 1.82) is 5.26 Å². The first kappa shape index (κ1) is 19.3. The first-order valence-corrected chi connectivity index (χ1v) is 9.14. The summed E-state index contributed by atoms with van der Waals surface area (Å²) in [6.07, 6.45) is 1.71. The fraction of sp³-hybridized carbons (Fsp3) is 0.143. The molecule has 1 aromatic heterocycles. The number of methoxy groups -OCH3 is 3. The van der Waals surface area contributed by atoms with Gasteiger partial charge in [-0.3, -0.25) is 0 Å². The van der Waals surface area contributed by atoms with E-state index < -0.39 is 0 Å². The van der Waals surface area contributed by atoms with Crippen molar-refractivity contribution in [2.45, 2.75) is 0 Å². The van der Waals surface area contributed by atoms with Crippen LogP contribution in [0.4, 0.5) is 0 Å². The second kappa shape index (κ2) is 8.46. The number of thiazole rings is 1. The second-order valence-corrected chi connectivity index (χ2v) is 6.57. The van der Waals surface area contributed by atoms with Gasteiger partial charge in [-0.05, 0) is 42.0 Å². The molecule has 0 aliphatic heterocycles. The van der Waals surface area contributed by atoms with E-state index in [1.165, 1.54) is 24.5 Å². The molecule has 142 valence electrons. The Labute approximate surface area is 166 Å². The summed E-state index contributed by atoms with van der Waals surface area (Å²) < 4.78 is 15.7. The van der Waals surface area contributed by atoms with Gasteiger partial charge in [0, 0.05) is 10.9 Å². The summed E-state index contributed by atoms with van der Waals surface area (Å²) in [4.78, 5) is 4.59. The topological polar surface area (TPSA) is 84.6 Å². The van der Waals surface area contributed by atoms with Gasteiger partial charge in [-0.15, -0.1) is 11.3 Å². The summed E-state index contributed by atoms with van der Waals surface area (Å²) in [6.45, 7) is 0. The van der Waals surface area contributed by atoms with Crippen LogP contribution in [-0.4, -0.2) is 31.4 Å². The van der Waals surface area contributed by atoms with Crippen LogP contribution < -0.4 is 14.2 Å². The summed E-state index contributed by atoms with van der Waals surface area (Å²) in [5.41, 5.74) is 2.76. The molecule has 0 bridgehead atoms. The molecule has 0 atom stereocenters. The van der Waals surface area contributed by atoms with Crippen LogP contribution in [0, 0.1) is 11.3 Å². The van der Waals surface area contributed by atoms with Crippen molar-refractivity contribution in [2.75, 3.05) is 21.3 Å². The van der Waals surface area contributed by atoms with E-state index in [9.17, 15) is 10.4 Å². The quantitative estimate of drug-likeness (QED) is 0.615. The first-order chi connectivity index (χ1) is 13.6. The van der Waals surface area contributed by atoms with Gasteiger partial charge in [-0.2, -0.15) is 5.26 Å². The van der Waals surface area contributed by atoms with Crippen LogP contribution >= 0.6 is 11.3 Å². The molecule has 0 saturated carbocycles. The standard InChI is InChI=1S/C21H18N2O4S/c1-25-18-7-5-14(10-20(18)27-3)16-12-28-21(23-16)15(11-22)8-13-4-6-17(24)19(9-13)26-2/h4-10,12,24H,1-3H3. The zero-order valence-corrected chi connectivity index (χ0v) is 16.4. The van der Waals surface area contributed by atoms with Crippen LogP contribution in [0.2, 0.25) is 0 Å². The molecule has 0 radical (unpaired) electrons. The predicted molar refractivity (Wildman–Crippen MR) is 109 cm³/mol. The van der Waals surface area contributed by atoms with Crippen molar-refractivity contribution in [1.82, 2.24) is 4.98 Å². The number of rotatable bonds is 6. The Kier molecular flexibility index (Phi) is 5.82. The molecule has 3 rings (SSSR count). The van der Waals surface area contributed by atoms with Crippen molar-refractivity contribution in [3.05, 3.63) is 52.3 Å². The molecular formula is C21H18N2O4S. The third-order valence-electron chi connectivity index (χ3n) is 4.05. The second-order valence-electron chi connectivity index (χ2n) is 5.71. The van der Waals surface area contributed by atoms with Crippen LogP contribution in [0.25, 0.3) is 22.9 Å². The minimum Gasteiger partial charge on any atom is -0.504 e. The molecule has 1 N–H and O–H groups in total.